The van der Waals surface area contributed by atoms with Gasteiger partial charge in [-0.05, 0) is 43.2 Å². The number of nitrogens with one attached hydrogen (secondary N) is 1. The smallest absolute Gasteiger partial charge is 0.229 e. The summed E-state index contributed by atoms with van der Waals surface area (Å²) in [6.07, 6.45) is 1.02. The number of aromatic nitrogens is 2. The van der Waals surface area contributed by atoms with Gasteiger partial charge in [0.2, 0.25) is 5.95 Å². The first-order chi connectivity index (χ1) is 12.1. The number of aryl methyl sites for hydroxylation is 1. The molecule has 1 aliphatic rings. The molecule has 0 spiro atoms. The molecule has 25 heavy (non-hydrogen) atoms. The third kappa shape index (κ3) is 3.28. The maximum Gasteiger partial charge on any atom is 0.229 e. The van der Waals surface area contributed by atoms with Gasteiger partial charge in [-0.25, -0.2) is 4.98 Å². The topological polar surface area (TPSA) is 41.1 Å². The molecule has 0 aliphatic carbocycles. The lowest BCUT2D eigenvalue weighted by molar-refractivity contribution is 0.959. The first-order valence-corrected chi connectivity index (χ1v) is 8.79. The maximum absolute atomic E-state index is 6.08. The van der Waals surface area contributed by atoms with Crippen LogP contribution in [0.3, 0.4) is 0 Å². The van der Waals surface area contributed by atoms with Gasteiger partial charge in [0.15, 0.2) is 0 Å². The van der Waals surface area contributed by atoms with E-state index in [1.54, 1.807) is 12.1 Å². The van der Waals surface area contributed by atoms with Crippen LogP contribution in [0.2, 0.25) is 10.0 Å². The zero-order valence-corrected chi connectivity index (χ0v) is 15.1. The van der Waals surface area contributed by atoms with Crippen LogP contribution >= 0.6 is 23.2 Å². The average molecular weight is 371 g/mol. The molecule has 0 unspecified atom stereocenters. The largest absolute Gasteiger partial charge is 0.326 e. The lowest BCUT2D eigenvalue weighted by atomic mass is 10.2. The predicted molar refractivity (Wildman–Crippen MR) is 104 cm³/mol. The van der Waals surface area contributed by atoms with E-state index < -0.39 is 0 Å². The Labute approximate surface area is 156 Å². The van der Waals surface area contributed by atoms with Crippen molar-refractivity contribution in [2.75, 3.05) is 16.8 Å². The Morgan fingerprint density at radius 1 is 1.00 bits per heavy atom. The Morgan fingerprint density at radius 3 is 2.68 bits per heavy atom. The van der Waals surface area contributed by atoms with Gasteiger partial charge in [0.1, 0.15) is 5.82 Å². The Balaban J connectivity index is 1.66. The second kappa shape index (κ2) is 6.54. The first-order valence-electron chi connectivity index (χ1n) is 8.03. The van der Waals surface area contributed by atoms with Crippen molar-refractivity contribution in [3.05, 3.63) is 69.8 Å². The van der Waals surface area contributed by atoms with Gasteiger partial charge in [-0.2, -0.15) is 4.98 Å². The fourth-order valence-electron chi connectivity index (χ4n) is 3.03. The molecule has 1 N–H and O–H groups in total. The molecule has 1 aliphatic heterocycles. The van der Waals surface area contributed by atoms with Gasteiger partial charge >= 0.3 is 0 Å². The second-order valence-electron chi connectivity index (χ2n) is 5.98. The number of halogens is 2. The zero-order valence-electron chi connectivity index (χ0n) is 13.6. The Hall–Kier alpha value is -2.30. The fraction of sp³-hybridized carbons (Fsp3) is 0.158. The van der Waals surface area contributed by atoms with E-state index in [-0.39, 0.29) is 0 Å². The summed E-state index contributed by atoms with van der Waals surface area (Å²) in [4.78, 5) is 11.4. The van der Waals surface area contributed by atoms with E-state index in [2.05, 4.69) is 44.5 Å². The highest BCUT2D eigenvalue weighted by Gasteiger charge is 2.21. The summed E-state index contributed by atoms with van der Waals surface area (Å²) in [6, 6.07) is 15.8. The summed E-state index contributed by atoms with van der Waals surface area (Å²) in [5.74, 6) is 1.43. The molecule has 0 saturated carbocycles. The maximum atomic E-state index is 6.08. The number of rotatable bonds is 3. The minimum Gasteiger partial charge on any atom is -0.326 e. The molecular weight excluding hydrogens is 355 g/mol. The van der Waals surface area contributed by atoms with Gasteiger partial charge in [0.05, 0.1) is 10.0 Å². The number of benzene rings is 2. The standard InChI is InChI=1S/C19H16Cl2N4/c1-12-10-18(25-9-8-13-4-2-3-5-17(13)25)24-19(22-12)23-14-6-7-15(20)16(21)11-14/h2-7,10-11H,8-9H2,1H3,(H,22,23,24). The van der Waals surface area contributed by atoms with E-state index >= 15 is 0 Å². The van der Waals surface area contributed by atoms with Crippen LogP contribution in [0.4, 0.5) is 23.1 Å². The summed E-state index contributed by atoms with van der Waals surface area (Å²) < 4.78 is 0. The van der Waals surface area contributed by atoms with E-state index in [0.717, 1.165) is 30.2 Å². The van der Waals surface area contributed by atoms with Crippen molar-refractivity contribution >= 4 is 46.3 Å². The number of hydrogen-bond donors (Lipinski definition) is 1. The molecule has 0 bridgehead atoms. The molecule has 0 atom stereocenters. The molecule has 0 amide bonds. The summed E-state index contributed by atoms with van der Waals surface area (Å²) >= 11 is 12.1. The van der Waals surface area contributed by atoms with E-state index in [0.29, 0.717) is 16.0 Å². The van der Waals surface area contributed by atoms with E-state index in [9.17, 15) is 0 Å². The summed E-state index contributed by atoms with van der Waals surface area (Å²) in [5.41, 5.74) is 4.25. The quantitative estimate of drug-likeness (QED) is 0.657. The monoisotopic (exact) mass is 370 g/mol. The van der Waals surface area contributed by atoms with Crippen molar-refractivity contribution in [2.24, 2.45) is 0 Å². The van der Waals surface area contributed by atoms with Gasteiger partial charge in [0.25, 0.3) is 0 Å². The molecule has 0 saturated heterocycles. The van der Waals surface area contributed by atoms with Gasteiger partial charge < -0.3 is 10.2 Å². The molecule has 2 heterocycles. The van der Waals surface area contributed by atoms with Crippen LogP contribution in [0.15, 0.2) is 48.5 Å². The van der Waals surface area contributed by atoms with Crippen molar-refractivity contribution in [3.8, 4) is 0 Å². The number of hydrogen-bond acceptors (Lipinski definition) is 4. The predicted octanol–water partition coefficient (Wildman–Crippen LogP) is 5.53. The third-order valence-corrected chi connectivity index (χ3v) is 4.92. The second-order valence-corrected chi connectivity index (χ2v) is 6.79. The highest BCUT2D eigenvalue weighted by molar-refractivity contribution is 6.42. The van der Waals surface area contributed by atoms with Crippen molar-refractivity contribution < 1.29 is 0 Å². The SMILES string of the molecule is Cc1cc(N2CCc3ccccc32)nc(Nc2ccc(Cl)c(Cl)c2)n1. The minimum atomic E-state index is 0.494. The van der Waals surface area contributed by atoms with Crippen LogP contribution in [0.1, 0.15) is 11.3 Å². The van der Waals surface area contributed by atoms with Crippen LogP contribution in [0.25, 0.3) is 0 Å². The normalized spacial score (nSPS) is 13.0. The van der Waals surface area contributed by atoms with Crippen LogP contribution in [0, 0.1) is 6.92 Å². The zero-order chi connectivity index (χ0) is 17.4. The van der Waals surface area contributed by atoms with Crippen LogP contribution in [-0.2, 0) is 6.42 Å². The van der Waals surface area contributed by atoms with Gasteiger partial charge in [-0.3, -0.25) is 0 Å². The van der Waals surface area contributed by atoms with Crippen molar-refractivity contribution in [1.29, 1.82) is 0 Å². The Kier molecular flexibility index (Phi) is 4.24. The number of anilines is 4. The van der Waals surface area contributed by atoms with E-state index in [1.165, 1.54) is 11.3 Å². The highest BCUT2D eigenvalue weighted by Crippen LogP contribution is 2.34. The molecule has 2 aromatic carbocycles. The fourth-order valence-corrected chi connectivity index (χ4v) is 3.32. The van der Waals surface area contributed by atoms with Crippen LogP contribution < -0.4 is 10.2 Å². The molecule has 6 heteroatoms. The van der Waals surface area contributed by atoms with E-state index in [4.69, 9.17) is 23.2 Å². The Morgan fingerprint density at radius 2 is 1.84 bits per heavy atom. The summed E-state index contributed by atoms with van der Waals surface area (Å²) in [6.45, 7) is 2.88. The molecule has 0 radical (unpaired) electrons. The van der Waals surface area contributed by atoms with Crippen molar-refractivity contribution in [2.45, 2.75) is 13.3 Å². The molecule has 126 valence electrons. The molecule has 1 aromatic heterocycles. The lowest BCUT2D eigenvalue weighted by Crippen LogP contribution is -2.16. The van der Waals surface area contributed by atoms with Gasteiger partial charge in [-0.1, -0.05) is 41.4 Å². The highest BCUT2D eigenvalue weighted by atomic mass is 35.5. The molecular formula is C19H16Cl2N4. The third-order valence-electron chi connectivity index (χ3n) is 4.18. The summed E-state index contributed by atoms with van der Waals surface area (Å²) in [7, 11) is 0. The minimum absolute atomic E-state index is 0.494. The first kappa shape index (κ1) is 16.2. The van der Waals surface area contributed by atoms with Crippen molar-refractivity contribution in [1.82, 2.24) is 9.97 Å². The van der Waals surface area contributed by atoms with Gasteiger partial charge in [0, 0.05) is 29.7 Å². The molecule has 0 fully saturated rings. The Bertz CT molecular complexity index is 942. The van der Waals surface area contributed by atoms with E-state index in [1.807, 2.05) is 19.1 Å². The molecule has 4 nitrogen and oxygen atoms in total. The number of para-hydroxylation sites is 1. The number of nitrogens with zero attached hydrogens (tertiary/aromatic N) is 3. The van der Waals surface area contributed by atoms with Crippen molar-refractivity contribution in [3.63, 3.8) is 0 Å². The molecule has 3 aromatic rings. The molecule has 4 rings (SSSR count). The van der Waals surface area contributed by atoms with Crippen LogP contribution in [-0.4, -0.2) is 16.5 Å². The lowest BCUT2D eigenvalue weighted by Gasteiger charge is -2.19. The van der Waals surface area contributed by atoms with Gasteiger partial charge in [-0.15, -0.1) is 0 Å². The average Bonchev–Trinajstić information content (AvgIpc) is 3.02. The number of fused-ring (bicyclic) bond motifs is 1. The van der Waals surface area contributed by atoms with Crippen LogP contribution in [0.5, 0.6) is 0 Å². The summed E-state index contributed by atoms with van der Waals surface area (Å²) in [5, 5.41) is 4.22.